The van der Waals surface area contributed by atoms with Gasteiger partial charge in [0.1, 0.15) is 5.75 Å². The van der Waals surface area contributed by atoms with Gasteiger partial charge >= 0.3 is 6.03 Å². The van der Waals surface area contributed by atoms with Gasteiger partial charge in [0.2, 0.25) is 0 Å². The number of hydrogen-bond donors (Lipinski definition) is 2. The van der Waals surface area contributed by atoms with E-state index >= 15 is 0 Å². The topological polar surface area (TPSA) is 53.6 Å². The van der Waals surface area contributed by atoms with Gasteiger partial charge in [-0.25, -0.2) is 4.79 Å². The summed E-state index contributed by atoms with van der Waals surface area (Å²) in [4.78, 5) is 14.1. The highest BCUT2D eigenvalue weighted by molar-refractivity contribution is 5.75. The van der Waals surface area contributed by atoms with Gasteiger partial charge in [-0.3, -0.25) is 0 Å². The van der Waals surface area contributed by atoms with E-state index in [-0.39, 0.29) is 11.6 Å². The highest BCUT2D eigenvalue weighted by atomic mass is 16.5. The Balaban J connectivity index is 1.82. The lowest BCUT2D eigenvalue weighted by Crippen LogP contribution is -2.42. The van der Waals surface area contributed by atoms with Crippen LogP contribution in [0.25, 0.3) is 0 Å². The Morgan fingerprint density at radius 3 is 2.48 bits per heavy atom. The minimum Gasteiger partial charge on any atom is -0.497 e. The van der Waals surface area contributed by atoms with Crippen molar-refractivity contribution in [2.75, 3.05) is 34.3 Å². The van der Waals surface area contributed by atoms with Crippen molar-refractivity contribution in [3.63, 3.8) is 0 Å². The van der Waals surface area contributed by atoms with Gasteiger partial charge < -0.3 is 20.3 Å². The summed E-state index contributed by atoms with van der Waals surface area (Å²) >= 11 is 0. The van der Waals surface area contributed by atoms with Crippen molar-refractivity contribution in [2.24, 2.45) is 0 Å². The third kappa shape index (κ3) is 4.36. The first-order valence-corrected chi connectivity index (χ1v) is 7.41. The van der Waals surface area contributed by atoms with Gasteiger partial charge in [0, 0.05) is 6.54 Å². The lowest BCUT2D eigenvalue weighted by molar-refractivity contribution is 0.235. The number of carbonyl (C=O) groups excluding carboxylic acids is 1. The van der Waals surface area contributed by atoms with E-state index in [2.05, 4.69) is 15.5 Å². The fourth-order valence-corrected chi connectivity index (χ4v) is 2.38. The second-order valence-corrected chi connectivity index (χ2v) is 5.85. The fourth-order valence-electron chi connectivity index (χ4n) is 2.38. The van der Waals surface area contributed by atoms with Gasteiger partial charge in [-0.2, -0.15) is 0 Å². The standard InChI is InChI=1S/C16H25N3O2/c1-19(2)12-4-11-17-15(20)18-16(9-10-16)13-5-7-14(21-3)8-6-13/h5-8H,4,9-12H2,1-3H3,(H2,17,18,20). The largest absolute Gasteiger partial charge is 0.497 e. The monoisotopic (exact) mass is 291 g/mol. The number of carbonyl (C=O) groups is 1. The molecule has 5 heteroatoms. The number of rotatable bonds is 7. The summed E-state index contributed by atoms with van der Waals surface area (Å²) in [6, 6.07) is 7.84. The number of amides is 2. The van der Waals surface area contributed by atoms with Crippen LogP contribution in [-0.2, 0) is 5.54 Å². The molecule has 0 heterocycles. The summed E-state index contributed by atoms with van der Waals surface area (Å²) in [5.41, 5.74) is 0.962. The van der Waals surface area contributed by atoms with E-state index in [1.54, 1.807) is 7.11 Å². The molecule has 5 nitrogen and oxygen atoms in total. The van der Waals surface area contributed by atoms with E-state index in [0.29, 0.717) is 6.54 Å². The van der Waals surface area contributed by atoms with Gasteiger partial charge in [-0.05, 0) is 57.6 Å². The Kier molecular flexibility index (Phi) is 5.07. The average molecular weight is 291 g/mol. The highest BCUT2D eigenvalue weighted by Gasteiger charge is 2.45. The molecule has 1 aromatic rings. The molecular formula is C16H25N3O2. The minimum absolute atomic E-state index is 0.0814. The summed E-state index contributed by atoms with van der Waals surface area (Å²) in [6.45, 7) is 1.67. The van der Waals surface area contributed by atoms with Gasteiger partial charge in [-0.15, -0.1) is 0 Å². The van der Waals surface area contributed by atoms with E-state index < -0.39 is 0 Å². The quantitative estimate of drug-likeness (QED) is 0.755. The molecule has 1 saturated carbocycles. The van der Waals surface area contributed by atoms with Crippen LogP contribution >= 0.6 is 0 Å². The van der Waals surface area contributed by atoms with Crippen LogP contribution in [0.2, 0.25) is 0 Å². The van der Waals surface area contributed by atoms with Crippen molar-refractivity contribution in [1.82, 2.24) is 15.5 Å². The van der Waals surface area contributed by atoms with Crippen molar-refractivity contribution in [3.8, 4) is 5.75 Å². The van der Waals surface area contributed by atoms with Crippen LogP contribution in [0.3, 0.4) is 0 Å². The van der Waals surface area contributed by atoms with Crippen molar-refractivity contribution >= 4 is 6.03 Å². The lowest BCUT2D eigenvalue weighted by Gasteiger charge is -2.19. The molecule has 2 amide bonds. The zero-order valence-corrected chi connectivity index (χ0v) is 13.1. The summed E-state index contributed by atoms with van der Waals surface area (Å²) in [7, 11) is 5.72. The van der Waals surface area contributed by atoms with Crippen LogP contribution < -0.4 is 15.4 Å². The molecule has 0 spiro atoms. The third-order valence-corrected chi connectivity index (χ3v) is 3.81. The zero-order valence-electron chi connectivity index (χ0n) is 13.1. The molecule has 0 aliphatic heterocycles. The smallest absolute Gasteiger partial charge is 0.315 e. The predicted octanol–water partition coefficient (Wildman–Crippen LogP) is 1.94. The number of benzene rings is 1. The first-order chi connectivity index (χ1) is 10.1. The Labute approximate surface area is 126 Å². The molecule has 1 aliphatic rings. The first kappa shape index (κ1) is 15.6. The number of methoxy groups -OCH3 is 1. The number of nitrogens with one attached hydrogen (secondary N) is 2. The Bertz CT molecular complexity index is 467. The van der Waals surface area contributed by atoms with E-state index in [9.17, 15) is 4.79 Å². The number of ether oxygens (including phenoxy) is 1. The van der Waals surface area contributed by atoms with Crippen LogP contribution in [0.5, 0.6) is 5.75 Å². The van der Waals surface area contributed by atoms with E-state index in [0.717, 1.165) is 37.1 Å². The summed E-state index contributed by atoms with van der Waals surface area (Å²) in [5, 5.41) is 6.03. The molecule has 0 bridgehead atoms. The van der Waals surface area contributed by atoms with Gasteiger partial charge in [0.05, 0.1) is 12.6 Å². The SMILES string of the molecule is COc1ccc(C2(NC(=O)NCCCN(C)C)CC2)cc1. The van der Waals surface area contributed by atoms with Crippen LogP contribution in [0.4, 0.5) is 4.79 Å². The maximum absolute atomic E-state index is 12.0. The Hall–Kier alpha value is -1.75. The van der Waals surface area contributed by atoms with Crippen LogP contribution in [-0.4, -0.2) is 45.2 Å². The van der Waals surface area contributed by atoms with Crippen molar-refractivity contribution < 1.29 is 9.53 Å². The van der Waals surface area contributed by atoms with Gasteiger partial charge in [-0.1, -0.05) is 12.1 Å². The van der Waals surface area contributed by atoms with Crippen molar-refractivity contribution in [3.05, 3.63) is 29.8 Å². The molecule has 0 saturated heterocycles. The van der Waals surface area contributed by atoms with Crippen LogP contribution in [0, 0.1) is 0 Å². The zero-order chi connectivity index (χ0) is 15.3. The molecule has 0 atom stereocenters. The molecular weight excluding hydrogens is 266 g/mol. The third-order valence-electron chi connectivity index (χ3n) is 3.81. The molecule has 1 aliphatic carbocycles. The van der Waals surface area contributed by atoms with E-state index in [4.69, 9.17) is 4.74 Å². The minimum atomic E-state index is -0.183. The molecule has 1 aromatic carbocycles. The molecule has 116 valence electrons. The maximum Gasteiger partial charge on any atom is 0.315 e. The number of nitrogens with zero attached hydrogens (tertiary/aromatic N) is 1. The predicted molar refractivity (Wildman–Crippen MR) is 83.6 cm³/mol. The summed E-state index contributed by atoms with van der Waals surface area (Å²) in [6.07, 6.45) is 2.94. The van der Waals surface area contributed by atoms with Gasteiger partial charge in [0.15, 0.2) is 0 Å². The van der Waals surface area contributed by atoms with Crippen molar-refractivity contribution in [1.29, 1.82) is 0 Å². The molecule has 2 rings (SSSR count). The molecule has 21 heavy (non-hydrogen) atoms. The Morgan fingerprint density at radius 2 is 1.95 bits per heavy atom. The first-order valence-electron chi connectivity index (χ1n) is 7.41. The van der Waals surface area contributed by atoms with Crippen LogP contribution in [0.15, 0.2) is 24.3 Å². The van der Waals surface area contributed by atoms with Gasteiger partial charge in [0.25, 0.3) is 0 Å². The summed E-state index contributed by atoms with van der Waals surface area (Å²) in [5.74, 6) is 0.836. The van der Waals surface area contributed by atoms with E-state index in [1.165, 1.54) is 0 Å². The highest BCUT2D eigenvalue weighted by Crippen LogP contribution is 2.45. The molecule has 0 unspecified atom stereocenters. The van der Waals surface area contributed by atoms with Crippen molar-refractivity contribution in [2.45, 2.75) is 24.8 Å². The lowest BCUT2D eigenvalue weighted by atomic mass is 10.1. The average Bonchev–Trinajstić information content (AvgIpc) is 3.24. The fraction of sp³-hybridized carbons (Fsp3) is 0.562. The molecule has 0 radical (unpaired) electrons. The molecule has 0 aromatic heterocycles. The maximum atomic E-state index is 12.0. The molecule has 2 N–H and O–H groups in total. The second-order valence-electron chi connectivity index (χ2n) is 5.85. The summed E-state index contributed by atoms with van der Waals surface area (Å²) < 4.78 is 5.16. The normalized spacial score (nSPS) is 15.6. The molecule has 1 fully saturated rings. The van der Waals surface area contributed by atoms with E-state index in [1.807, 2.05) is 38.4 Å². The van der Waals surface area contributed by atoms with Crippen LogP contribution in [0.1, 0.15) is 24.8 Å². The second kappa shape index (κ2) is 6.80. The number of urea groups is 1. The number of hydrogen-bond acceptors (Lipinski definition) is 3. The Morgan fingerprint density at radius 1 is 1.29 bits per heavy atom.